The maximum atomic E-state index is 7.58. The van der Waals surface area contributed by atoms with Gasteiger partial charge in [-0.15, -0.1) is 0 Å². The van der Waals surface area contributed by atoms with Crippen molar-refractivity contribution in [1.82, 2.24) is 0 Å². The molecule has 0 heterocycles. The van der Waals surface area contributed by atoms with Crippen molar-refractivity contribution in [2.75, 3.05) is 0 Å². The molecule has 2 heteroatoms. The molecule has 0 aliphatic carbocycles. The number of hydrogen-bond donors (Lipinski definition) is 0. The molecule has 0 aromatic carbocycles. The maximum Gasteiger partial charge on any atom is 0.156 e. The van der Waals surface area contributed by atoms with E-state index in [4.69, 9.17) is 11.1 Å². The summed E-state index contributed by atoms with van der Waals surface area (Å²) >= 11 is 7.58. The van der Waals surface area contributed by atoms with E-state index in [1.165, 1.54) is 249 Å². The Labute approximate surface area is 287 Å². The van der Waals surface area contributed by atoms with Crippen LogP contribution < -0.4 is 0 Å². The molecular formula is C42H87ClSi. The zero-order chi connectivity index (χ0) is 32.1. The molecule has 0 aromatic rings. The fourth-order valence-corrected chi connectivity index (χ4v) is 11.8. The van der Waals surface area contributed by atoms with E-state index in [0.717, 1.165) is 0 Å². The fraction of sp³-hybridized carbons (Fsp3) is 1.00. The summed E-state index contributed by atoms with van der Waals surface area (Å²) in [6.07, 6.45) is 52.1. The zero-order valence-corrected chi connectivity index (χ0v) is 33.2. The van der Waals surface area contributed by atoms with Gasteiger partial charge in [0.15, 0.2) is 7.38 Å². The normalized spacial score (nSPS) is 12.0. The van der Waals surface area contributed by atoms with Crippen LogP contribution in [0.2, 0.25) is 18.1 Å². The van der Waals surface area contributed by atoms with E-state index >= 15 is 0 Å². The third-order valence-electron chi connectivity index (χ3n) is 10.4. The first-order chi connectivity index (χ1) is 21.7. The molecule has 0 rings (SSSR count). The van der Waals surface area contributed by atoms with Gasteiger partial charge in [0, 0.05) is 0 Å². The molecule has 266 valence electrons. The van der Waals surface area contributed by atoms with E-state index in [-0.39, 0.29) is 0 Å². The summed E-state index contributed by atoms with van der Waals surface area (Å²) in [6, 6.07) is 4.21. The highest BCUT2D eigenvalue weighted by molar-refractivity contribution is 7.20. The lowest BCUT2D eigenvalue weighted by atomic mass is 10.1. The van der Waals surface area contributed by atoms with Crippen LogP contribution in [0.4, 0.5) is 0 Å². The van der Waals surface area contributed by atoms with Crippen molar-refractivity contribution in [1.29, 1.82) is 0 Å². The highest BCUT2D eigenvalue weighted by Gasteiger charge is 2.29. The molecule has 0 aliphatic rings. The number of halogens is 1. The van der Waals surface area contributed by atoms with Crippen molar-refractivity contribution in [3.63, 3.8) is 0 Å². The minimum atomic E-state index is -1.57. The van der Waals surface area contributed by atoms with Crippen LogP contribution in [0.25, 0.3) is 0 Å². The summed E-state index contributed by atoms with van der Waals surface area (Å²) in [6.45, 7) is 6.94. The van der Waals surface area contributed by atoms with Crippen LogP contribution in [0, 0.1) is 0 Å². The zero-order valence-electron chi connectivity index (χ0n) is 31.5. The third-order valence-corrected chi connectivity index (χ3v) is 15.9. The second-order valence-electron chi connectivity index (χ2n) is 15.1. The van der Waals surface area contributed by atoms with Gasteiger partial charge in [-0.05, 0) is 18.1 Å². The van der Waals surface area contributed by atoms with Crippen molar-refractivity contribution in [3.05, 3.63) is 0 Å². The second kappa shape index (κ2) is 38.0. The topological polar surface area (TPSA) is 0 Å². The Kier molecular flexibility index (Phi) is 38.4. The SMILES string of the molecule is CCCCCCCCCCCCCC[Si](Cl)(CCCCCCCCCCCCCC)CCCCCCCCCCCCCC. The standard InChI is InChI=1S/C42H87ClSi/c1-4-7-10-13-16-19-22-25-28-31-34-37-40-44(43,41-38-35-32-29-26-23-20-17-14-11-8-5-2)42-39-36-33-30-27-24-21-18-15-12-9-6-3/h4-42H2,1-3H3. The van der Waals surface area contributed by atoms with Gasteiger partial charge in [-0.3, -0.25) is 0 Å². The summed E-state index contributed by atoms with van der Waals surface area (Å²) in [4.78, 5) is 0. The minimum absolute atomic E-state index is 1.37. The van der Waals surface area contributed by atoms with Gasteiger partial charge in [0.2, 0.25) is 0 Å². The maximum absolute atomic E-state index is 7.58. The van der Waals surface area contributed by atoms with Crippen molar-refractivity contribution in [2.45, 2.75) is 270 Å². The van der Waals surface area contributed by atoms with Crippen molar-refractivity contribution in [2.24, 2.45) is 0 Å². The molecule has 0 atom stereocenters. The van der Waals surface area contributed by atoms with Gasteiger partial charge in [-0.2, -0.15) is 11.1 Å². The molecule has 0 nitrogen and oxygen atoms in total. The van der Waals surface area contributed by atoms with Gasteiger partial charge in [0.25, 0.3) is 0 Å². The van der Waals surface area contributed by atoms with E-state index in [2.05, 4.69) is 20.8 Å². The smallest absolute Gasteiger partial charge is 0.156 e. The van der Waals surface area contributed by atoms with Crippen molar-refractivity contribution in [3.8, 4) is 0 Å². The predicted octanol–water partition coefficient (Wildman–Crippen LogP) is 17.3. The third kappa shape index (κ3) is 35.4. The lowest BCUT2D eigenvalue weighted by Crippen LogP contribution is -2.26. The Morgan fingerprint density at radius 3 is 0.523 bits per heavy atom. The first kappa shape index (κ1) is 44.5. The van der Waals surface area contributed by atoms with Gasteiger partial charge in [-0.25, -0.2) is 0 Å². The molecule has 0 spiro atoms. The van der Waals surface area contributed by atoms with Gasteiger partial charge >= 0.3 is 0 Å². The van der Waals surface area contributed by atoms with Crippen LogP contribution in [0.3, 0.4) is 0 Å². The lowest BCUT2D eigenvalue weighted by molar-refractivity contribution is 0.544. The highest BCUT2D eigenvalue weighted by atomic mass is 35.6. The van der Waals surface area contributed by atoms with Crippen LogP contribution in [-0.2, 0) is 0 Å². The van der Waals surface area contributed by atoms with E-state index in [1.54, 1.807) is 0 Å². The molecular weight excluding hydrogens is 568 g/mol. The van der Waals surface area contributed by atoms with Gasteiger partial charge in [0.1, 0.15) is 0 Å². The molecule has 0 bridgehead atoms. The Morgan fingerprint density at radius 2 is 0.364 bits per heavy atom. The molecule has 0 radical (unpaired) electrons. The summed E-state index contributed by atoms with van der Waals surface area (Å²) in [5.74, 6) is 0. The second-order valence-corrected chi connectivity index (χ2v) is 21.3. The van der Waals surface area contributed by atoms with E-state index < -0.39 is 7.38 Å². The highest BCUT2D eigenvalue weighted by Crippen LogP contribution is 2.33. The predicted molar refractivity (Wildman–Crippen MR) is 209 cm³/mol. The average molecular weight is 656 g/mol. The Hall–Kier alpha value is 0.507. The number of unbranched alkanes of at least 4 members (excludes halogenated alkanes) is 33. The number of hydrogen-bond acceptors (Lipinski definition) is 0. The molecule has 0 saturated carbocycles. The molecule has 0 aromatic heterocycles. The average Bonchev–Trinajstić information content (AvgIpc) is 3.02. The molecule has 0 N–H and O–H groups in total. The van der Waals surface area contributed by atoms with Gasteiger partial charge in [-0.1, -0.05) is 252 Å². The first-order valence-corrected chi connectivity index (χ1v) is 25.0. The van der Waals surface area contributed by atoms with E-state index in [9.17, 15) is 0 Å². The molecule has 0 aliphatic heterocycles. The largest absolute Gasteiger partial charge is 0.167 e. The van der Waals surface area contributed by atoms with Crippen LogP contribution in [0.15, 0.2) is 0 Å². The molecule has 0 unspecified atom stereocenters. The minimum Gasteiger partial charge on any atom is -0.167 e. The molecule has 44 heavy (non-hydrogen) atoms. The lowest BCUT2D eigenvalue weighted by Gasteiger charge is -2.25. The Morgan fingerprint density at radius 1 is 0.227 bits per heavy atom. The van der Waals surface area contributed by atoms with E-state index in [1.807, 2.05) is 0 Å². The summed E-state index contributed by atoms with van der Waals surface area (Å²) in [7, 11) is -1.57. The van der Waals surface area contributed by atoms with Crippen LogP contribution in [0.1, 0.15) is 252 Å². The van der Waals surface area contributed by atoms with Gasteiger partial charge < -0.3 is 0 Å². The Balaban J connectivity index is 4.06. The molecule has 0 amide bonds. The fourth-order valence-electron chi connectivity index (χ4n) is 7.22. The monoisotopic (exact) mass is 655 g/mol. The summed E-state index contributed by atoms with van der Waals surface area (Å²) in [5, 5.41) is 0. The number of rotatable bonds is 39. The van der Waals surface area contributed by atoms with Crippen LogP contribution in [-0.4, -0.2) is 7.38 Å². The molecule has 0 saturated heterocycles. The van der Waals surface area contributed by atoms with E-state index in [0.29, 0.717) is 0 Å². The quantitative estimate of drug-likeness (QED) is 0.0351. The van der Waals surface area contributed by atoms with Gasteiger partial charge in [0.05, 0.1) is 0 Å². The Bertz CT molecular complexity index is 437. The van der Waals surface area contributed by atoms with Crippen LogP contribution in [0.5, 0.6) is 0 Å². The molecule has 0 fully saturated rings. The summed E-state index contributed by atoms with van der Waals surface area (Å²) < 4.78 is 0. The van der Waals surface area contributed by atoms with Crippen molar-refractivity contribution < 1.29 is 0 Å². The van der Waals surface area contributed by atoms with Crippen LogP contribution >= 0.6 is 11.1 Å². The van der Waals surface area contributed by atoms with Crippen molar-refractivity contribution >= 4 is 18.5 Å². The summed E-state index contributed by atoms with van der Waals surface area (Å²) in [5.41, 5.74) is 0. The first-order valence-electron chi connectivity index (χ1n) is 21.4.